The summed E-state index contributed by atoms with van der Waals surface area (Å²) < 4.78 is 0. The Kier molecular flexibility index (Phi) is 8.22. The summed E-state index contributed by atoms with van der Waals surface area (Å²) in [6.07, 6.45) is 4.10. The summed E-state index contributed by atoms with van der Waals surface area (Å²) in [5.41, 5.74) is 19.8. The van der Waals surface area contributed by atoms with Crippen molar-refractivity contribution in [2.45, 2.75) is 37.9 Å². The van der Waals surface area contributed by atoms with Gasteiger partial charge in [-0.15, -0.1) is 0 Å². The van der Waals surface area contributed by atoms with E-state index in [-0.39, 0.29) is 12.1 Å². The van der Waals surface area contributed by atoms with E-state index in [1.165, 1.54) is 6.20 Å². The fraction of sp³-hybridized carbons (Fsp3) is 0.280. The second-order valence-electron chi connectivity index (χ2n) is 8.00. The van der Waals surface area contributed by atoms with Crippen LogP contribution in [-0.4, -0.2) is 17.5 Å². The summed E-state index contributed by atoms with van der Waals surface area (Å²) in [6.45, 7) is 10.0. The van der Waals surface area contributed by atoms with Gasteiger partial charge in [-0.25, -0.2) is 0 Å². The number of nitrogens with zero attached hydrogens (tertiary/aromatic N) is 1. The molecule has 1 aliphatic heterocycles. The highest BCUT2D eigenvalue weighted by molar-refractivity contribution is 6.31. The Morgan fingerprint density at radius 3 is 2.56 bits per heavy atom. The van der Waals surface area contributed by atoms with E-state index in [1.54, 1.807) is 0 Å². The minimum Gasteiger partial charge on any atom is -0.403 e. The number of benzene rings is 2. The average Bonchev–Trinajstić information content (AvgIpc) is 3.31. The van der Waals surface area contributed by atoms with Crippen LogP contribution in [0.2, 0.25) is 5.02 Å². The Bertz CT molecular complexity index is 972. The summed E-state index contributed by atoms with van der Waals surface area (Å²) in [6, 6.07) is 16.4. The van der Waals surface area contributed by atoms with Gasteiger partial charge in [0.25, 0.3) is 0 Å². The van der Waals surface area contributed by atoms with Gasteiger partial charge in [-0.3, -0.25) is 5.84 Å². The van der Waals surface area contributed by atoms with Crippen LogP contribution in [0.3, 0.4) is 0 Å². The van der Waals surface area contributed by atoms with Crippen molar-refractivity contribution in [3.63, 3.8) is 0 Å². The summed E-state index contributed by atoms with van der Waals surface area (Å²) in [4.78, 5) is 2.28. The SMILES string of the molecule is C=C(NC(c1ccccc1)c1ccc(CN)c(Cl)c1)C1CCCN1C(=C)C/C(=C/N)NN. The lowest BCUT2D eigenvalue weighted by Crippen LogP contribution is -2.37. The van der Waals surface area contributed by atoms with E-state index < -0.39 is 0 Å². The zero-order valence-electron chi connectivity index (χ0n) is 18.4. The van der Waals surface area contributed by atoms with Gasteiger partial charge in [0, 0.05) is 47.8 Å². The van der Waals surface area contributed by atoms with E-state index in [0.29, 0.717) is 18.0 Å². The predicted molar refractivity (Wildman–Crippen MR) is 133 cm³/mol. The highest BCUT2D eigenvalue weighted by Crippen LogP contribution is 2.32. The van der Waals surface area contributed by atoms with Gasteiger partial charge in [0.15, 0.2) is 0 Å². The Morgan fingerprint density at radius 1 is 1.19 bits per heavy atom. The highest BCUT2D eigenvalue weighted by Gasteiger charge is 2.29. The molecule has 0 saturated carbocycles. The predicted octanol–water partition coefficient (Wildman–Crippen LogP) is 3.62. The first-order chi connectivity index (χ1) is 15.5. The molecule has 0 radical (unpaired) electrons. The summed E-state index contributed by atoms with van der Waals surface area (Å²) in [5.74, 6) is 5.55. The average molecular weight is 453 g/mol. The van der Waals surface area contributed by atoms with Crippen molar-refractivity contribution in [3.8, 4) is 0 Å². The maximum absolute atomic E-state index is 6.48. The second-order valence-corrected chi connectivity index (χ2v) is 8.41. The third-order valence-corrected chi connectivity index (χ3v) is 6.29. The lowest BCUT2D eigenvalue weighted by Gasteiger charge is -2.33. The van der Waals surface area contributed by atoms with Crippen molar-refractivity contribution in [1.82, 2.24) is 15.6 Å². The van der Waals surface area contributed by atoms with Gasteiger partial charge in [-0.05, 0) is 35.6 Å². The molecule has 8 N–H and O–H groups in total. The fourth-order valence-corrected chi connectivity index (χ4v) is 4.45. The van der Waals surface area contributed by atoms with E-state index in [2.05, 4.69) is 47.0 Å². The molecule has 3 rings (SSSR count). The number of rotatable bonds is 10. The third-order valence-electron chi connectivity index (χ3n) is 5.94. The maximum atomic E-state index is 6.48. The highest BCUT2D eigenvalue weighted by atomic mass is 35.5. The molecule has 2 aromatic carbocycles. The van der Waals surface area contributed by atoms with E-state index in [9.17, 15) is 0 Å². The topological polar surface area (TPSA) is 105 Å². The number of halogens is 1. The van der Waals surface area contributed by atoms with Gasteiger partial charge < -0.3 is 27.1 Å². The van der Waals surface area contributed by atoms with Crippen LogP contribution in [0.1, 0.15) is 42.0 Å². The van der Waals surface area contributed by atoms with Gasteiger partial charge in [0.2, 0.25) is 0 Å². The first kappa shape index (κ1) is 23.7. The molecule has 1 aliphatic rings. The quantitative estimate of drug-likeness (QED) is 0.278. The van der Waals surface area contributed by atoms with Gasteiger partial charge in [0.1, 0.15) is 0 Å². The van der Waals surface area contributed by atoms with E-state index in [0.717, 1.165) is 53.2 Å². The third kappa shape index (κ3) is 5.46. The Balaban J connectivity index is 1.83. The first-order valence-electron chi connectivity index (χ1n) is 10.8. The lowest BCUT2D eigenvalue weighted by molar-refractivity contribution is 0.333. The number of hydrogen-bond donors (Lipinski definition) is 5. The Morgan fingerprint density at radius 2 is 1.94 bits per heavy atom. The van der Waals surface area contributed by atoms with Crippen molar-refractivity contribution >= 4 is 11.6 Å². The van der Waals surface area contributed by atoms with Crippen LogP contribution in [0.15, 0.2) is 85.0 Å². The molecule has 2 unspecified atom stereocenters. The zero-order valence-corrected chi connectivity index (χ0v) is 19.1. The summed E-state index contributed by atoms with van der Waals surface area (Å²) >= 11 is 6.48. The Hall–Kier alpha value is -2.93. The van der Waals surface area contributed by atoms with Crippen molar-refractivity contribution in [2.75, 3.05) is 6.54 Å². The molecule has 6 nitrogen and oxygen atoms in total. The van der Waals surface area contributed by atoms with Crippen LogP contribution in [-0.2, 0) is 6.54 Å². The largest absolute Gasteiger partial charge is 0.403 e. The van der Waals surface area contributed by atoms with Crippen LogP contribution in [0.25, 0.3) is 0 Å². The van der Waals surface area contributed by atoms with Crippen molar-refractivity contribution in [1.29, 1.82) is 0 Å². The molecule has 1 fully saturated rings. The minimum absolute atomic E-state index is 0.0889. The van der Waals surface area contributed by atoms with Crippen molar-refractivity contribution in [3.05, 3.63) is 107 Å². The number of hydrazine groups is 1. The van der Waals surface area contributed by atoms with Crippen LogP contribution in [0, 0.1) is 0 Å². The second kappa shape index (κ2) is 11.1. The van der Waals surface area contributed by atoms with Crippen LogP contribution in [0.5, 0.6) is 0 Å². The molecular formula is C25H33ClN6. The van der Waals surface area contributed by atoms with E-state index >= 15 is 0 Å². The number of nitrogens with one attached hydrogen (secondary N) is 2. The molecular weight excluding hydrogens is 420 g/mol. The van der Waals surface area contributed by atoms with Crippen LogP contribution < -0.4 is 28.1 Å². The van der Waals surface area contributed by atoms with Crippen LogP contribution in [0.4, 0.5) is 0 Å². The Labute approximate surface area is 195 Å². The van der Waals surface area contributed by atoms with E-state index in [4.69, 9.17) is 28.9 Å². The molecule has 1 heterocycles. The monoisotopic (exact) mass is 452 g/mol. The normalized spacial score (nSPS) is 17.2. The van der Waals surface area contributed by atoms with Gasteiger partial charge >= 0.3 is 0 Å². The molecule has 0 aliphatic carbocycles. The molecule has 32 heavy (non-hydrogen) atoms. The van der Waals surface area contributed by atoms with Crippen LogP contribution >= 0.6 is 11.6 Å². The zero-order chi connectivity index (χ0) is 23.1. The fourth-order valence-electron chi connectivity index (χ4n) is 4.18. The molecule has 2 aromatic rings. The number of nitrogens with two attached hydrogens (primary N) is 3. The van der Waals surface area contributed by atoms with Gasteiger partial charge in [-0.2, -0.15) is 0 Å². The van der Waals surface area contributed by atoms with Crippen molar-refractivity contribution in [2.24, 2.45) is 17.3 Å². The summed E-state index contributed by atoms with van der Waals surface area (Å²) in [5, 5.41) is 4.35. The molecule has 2 atom stereocenters. The van der Waals surface area contributed by atoms with Crippen molar-refractivity contribution < 1.29 is 0 Å². The number of likely N-dealkylation sites (tertiary alicyclic amines) is 1. The molecule has 170 valence electrons. The smallest absolute Gasteiger partial charge is 0.0765 e. The summed E-state index contributed by atoms with van der Waals surface area (Å²) in [7, 11) is 0. The lowest BCUT2D eigenvalue weighted by atomic mass is 9.96. The van der Waals surface area contributed by atoms with Gasteiger partial charge in [0.05, 0.1) is 12.1 Å². The first-order valence-corrected chi connectivity index (χ1v) is 11.2. The molecule has 0 bridgehead atoms. The molecule has 0 amide bonds. The maximum Gasteiger partial charge on any atom is 0.0765 e. The van der Waals surface area contributed by atoms with E-state index in [1.807, 2.05) is 30.3 Å². The number of hydrogen-bond acceptors (Lipinski definition) is 6. The van der Waals surface area contributed by atoms with Gasteiger partial charge in [-0.1, -0.05) is 67.2 Å². The molecule has 0 aromatic heterocycles. The minimum atomic E-state index is -0.0889. The molecule has 0 spiro atoms. The molecule has 1 saturated heterocycles. The molecule has 7 heteroatoms. The standard InChI is InChI=1S/C25H33ClN6/c1-17(13-22(16-28)31-29)32-12-6-9-24(32)18(2)30-25(19-7-4-3-5-8-19)20-10-11-21(15-27)23(26)14-20/h3-5,7-8,10-11,14,16,24-25,30-31H,1-2,6,9,12-13,15,27-29H2/b22-16-.